The maximum absolute atomic E-state index is 6.27. The summed E-state index contributed by atoms with van der Waals surface area (Å²) in [5, 5.41) is 3.72. The topological polar surface area (TPSA) is 24.9 Å². The number of pyridine rings is 1. The Morgan fingerprint density at radius 1 is 1.12 bits per heavy atom. The normalized spacial score (nSPS) is 12.1. The fraction of sp³-hybridized carbons (Fsp3) is 0.154. The van der Waals surface area contributed by atoms with Crippen molar-refractivity contribution in [3.63, 3.8) is 0 Å². The second-order valence-electron chi connectivity index (χ2n) is 3.62. The van der Waals surface area contributed by atoms with E-state index in [2.05, 4.69) is 10.3 Å². The van der Waals surface area contributed by atoms with E-state index in [0.717, 1.165) is 11.4 Å². The molecule has 1 unspecified atom stereocenters. The first-order chi connectivity index (χ1) is 8.25. The molecule has 17 heavy (non-hydrogen) atoms. The van der Waals surface area contributed by atoms with Crippen LogP contribution in [0.4, 0.5) is 5.82 Å². The molecule has 2 nitrogen and oxygen atoms in total. The number of halogens is 2. The maximum Gasteiger partial charge on any atom is 0.126 e. The molecule has 0 bridgehead atoms. The van der Waals surface area contributed by atoms with Crippen LogP contribution in [0.3, 0.4) is 0 Å². The lowest BCUT2D eigenvalue weighted by Crippen LogP contribution is -2.08. The van der Waals surface area contributed by atoms with Crippen LogP contribution in [0.2, 0.25) is 5.02 Å². The minimum atomic E-state index is -0.0753. The highest BCUT2D eigenvalue weighted by Crippen LogP contribution is 2.20. The SMILES string of the molecule is Clc1ccc(NCC(Cl)c2ccccc2)nc1. The van der Waals surface area contributed by atoms with E-state index in [9.17, 15) is 0 Å². The van der Waals surface area contributed by atoms with Crippen molar-refractivity contribution in [3.8, 4) is 0 Å². The molecule has 1 atom stereocenters. The molecule has 0 fully saturated rings. The highest BCUT2D eigenvalue weighted by atomic mass is 35.5. The number of benzene rings is 1. The number of nitrogens with one attached hydrogen (secondary N) is 1. The Hall–Kier alpha value is -1.25. The van der Waals surface area contributed by atoms with Crippen LogP contribution in [-0.2, 0) is 0 Å². The summed E-state index contributed by atoms with van der Waals surface area (Å²) in [6, 6.07) is 13.6. The van der Waals surface area contributed by atoms with E-state index >= 15 is 0 Å². The van der Waals surface area contributed by atoms with Crippen LogP contribution in [0.1, 0.15) is 10.9 Å². The summed E-state index contributed by atoms with van der Waals surface area (Å²) in [7, 11) is 0. The molecule has 0 aliphatic rings. The molecule has 0 saturated heterocycles. The Bertz CT molecular complexity index is 457. The van der Waals surface area contributed by atoms with Crippen LogP contribution in [0.25, 0.3) is 0 Å². The third kappa shape index (κ3) is 3.62. The molecule has 0 aliphatic carbocycles. The van der Waals surface area contributed by atoms with Gasteiger partial charge in [-0.2, -0.15) is 0 Å². The molecule has 88 valence electrons. The van der Waals surface area contributed by atoms with Gasteiger partial charge >= 0.3 is 0 Å². The predicted octanol–water partition coefficient (Wildman–Crippen LogP) is 4.13. The minimum absolute atomic E-state index is 0.0753. The Morgan fingerprint density at radius 3 is 2.53 bits per heavy atom. The van der Waals surface area contributed by atoms with Gasteiger partial charge in [0, 0.05) is 12.7 Å². The van der Waals surface area contributed by atoms with Gasteiger partial charge < -0.3 is 5.32 Å². The fourth-order valence-corrected chi connectivity index (χ4v) is 1.79. The summed E-state index contributed by atoms with van der Waals surface area (Å²) in [4.78, 5) is 4.14. The van der Waals surface area contributed by atoms with E-state index in [-0.39, 0.29) is 5.38 Å². The van der Waals surface area contributed by atoms with Gasteiger partial charge in [0.1, 0.15) is 5.82 Å². The first kappa shape index (κ1) is 12.2. The highest BCUT2D eigenvalue weighted by Gasteiger charge is 2.06. The second-order valence-corrected chi connectivity index (χ2v) is 4.58. The smallest absolute Gasteiger partial charge is 0.126 e. The number of hydrogen-bond acceptors (Lipinski definition) is 2. The zero-order valence-electron chi connectivity index (χ0n) is 9.11. The molecule has 1 aromatic heterocycles. The molecule has 4 heteroatoms. The Labute approximate surface area is 111 Å². The van der Waals surface area contributed by atoms with Crippen LogP contribution >= 0.6 is 23.2 Å². The molecule has 0 amide bonds. The van der Waals surface area contributed by atoms with Crippen LogP contribution in [-0.4, -0.2) is 11.5 Å². The number of aromatic nitrogens is 1. The number of rotatable bonds is 4. The number of nitrogens with zero attached hydrogens (tertiary/aromatic N) is 1. The van der Waals surface area contributed by atoms with E-state index < -0.39 is 0 Å². The highest BCUT2D eigenvalue weighted by molar-refractivity contribution is 6.30. The van der Waals surface area contributed by atoms with E-state index in [1.807, 2.05) is 36.4 Å². The van der Waals surface area contributed by atoms with Gasteiger partial charge in [-0.25, -0.2) is 4.98 Å². The minimum Gasteiger partial charge on any atom is -0.368 e. The summed E-state index contributed by atoms with van der Waals surface area (Å²) in [5.74, 6) is 0.774. The van der Waals surface area contributed by atoms with Crippen molar-refractivity contribution in [1.29, 1.82) is 0 Å². The zero-order valence-corrected chi connectivity index (χ0v) is 10.6. The van der Waals surface area contributed by atoms with Crippen molar-refractivity contribution in [2.24, 2.45) is 0 Å². The van der Waals surface area contributed by atoms with Gasteiger partial charge in [0.05, 0.1) is 10.4 Å². The van der Waals surface area contributed by atoms with E-state index in [4.69, 9.17) is 23.2 Å². The average molecular weight is 267 g/mol. The molecule has 2 aromatic rings. The molecule has 0 spiro atoms. The fourth-order valence-electron chi connectivity index (χ4n) is 1.45. The summed E-state index contributed by atoms with van der Waals surface area (Å²) in [6.45, 7) is 0.625. The van der Waals surface area contributed by atoms with E-state index in [1.54, 1.807) is 12.3 Å². The van der Waals surface area contributed by atoms with Gasteiger partial charge in [-0.1, -0.05) is 41.9 Å². The predicted molar refractivity (Wildman–Crippen MR) is 72.8 cm³/mol. The van der Waals surface area contributed by atoms with Crippen LogP contribution < -0.4 is 5.32 Å². The van der Waals surface area contributed by atoms with Gasteiger partial charge in [-0.15, -0.1) is 11.6 Å². The standard InChI is InChI=1S/C13H12Cl2N2/c14-11-6-7-13(16-8-11)17-9-12(15)10-4-2-1-3-5-10/h1-8,12H,9H2,(H,16,17). The molecule has 0 radical (unpaired) electrons. The summed E-state index contributed by atoms with van der Waals surface area (Å²) in [6.07, 6.45) is 1.61. The van der Waals surface area contributed by atoms with Crippen molar-refractivity contribution >= 4 is 29.0 Å². The Balaban J connectivity index is 1.92. The molecule has 0 aliphatic heterocycles. The lowest BCUT2D eigenvalue weighted by Gasteiger charge is -2.11. The largest absolute Gasteiger partial charge is 0.368 e. The number of anilines is 1. The van der Waals surface area contributed by atoms with Crippen molar-refractivity contribution in [3.05, 3.63) is 59.2 Å². The molecule has 1 heterocycles. The molecule has 1 N–H and O–H groups in total. The van der Waals surface area contributed by atoms with Gasteiger partial charge in [0.15, 0.2) is 0 Å². The quantitative estimate of drug-likeness (QED) is 0.842. The Morgan fingerprint density at radius 2 is 1.88 bits per heavy atom. The zero-order chi connectivity index (χ0) is 12.1. The summed E-state index contributed by atoms with van der Waals surface area (Å²) in [5.41, 5.74) is 1.09. The van der Waals surface area contributed by atoms with Crippen molar-refractivity contribution in [2.75, 3.05) is 11.9 Å². The third-order valence-corrected chi connectivity index (χ3v) is 2.98. The van der Waals surface area contributed by atoms with Crippen LogP contribution in [0, 0.1) is 0 Å². The lowest BCUT2D eigenvalue weighted by molar-refractivity contribution is 0.967. The average Bonchev–Trinajstić information content (AvgIpc) is 2.39. The van der Waals surface area contributed by atoms with Crippen LogP contribution in [0.5, 0.6) is 0 Å². The van der Waals surface area contributed by atoms with Gasteiger partial charge in [-0.3, -0.25) is 0 Å². The summed E-state index contributed by atoms with van der Waals surface area (Å²) >= 11 is 12.0. The monoisotopic (exact) mass is 266 g/mol. The number of alkyl halides is 1. The lowest BCUT2D eigenvalue weighted by atomic mass is 10.1. The maximum atomic E-state index is 6.27. The van der Waals surface area contributed by atoms with Crippen LogP contribution in [0.15, 0.2) is 48.7 Å². The molecule has 2 rings (SSSR count). The molecule has 1 aromatic carbocycles. The number of hydrogen-bond donors (Lipinski definition) is 1. The van der Waals surface area contributed by atoms with Gasteiger partial charge in [-0.05, 0) is 17.7 Å². The van der Waals surface area contributed by atoms with Crippen molar-refractivity contribution < 1.29 is 0 Å². The molecule has 0 saturated carbocycles. The second kappa shape index (κ2) is 5.89. The van der Waals surface area contributed by atoms with Gasteiger partial charge in [0.2, 0.25) is 0 Å². The summed E-state index contributed by atoms with van der Waals surface area (Å²) < 4.78 is 0. The Kier molecular flexibility index (Phi) is 4.24. The van der Waals surface area contributed by atoms with Gasteiger partial charge in [0.25, 0.3) is 0 Å². The van der Waals surface area contributed by atoms with E-state index in [1.165, 1.54) is 0 Å². The van der Waals surface area contributed by atoms with Crippen molar-refractivity contribution in [2.45, 2.75) is 5.38 Å². The molecular formula is C13H12Cl2N2. The third-order valence-electron chi connectivity index (χ3n) is 2.35. The van der Waals surface area contributed by atoms with Crippen molar-refractivity contribution in [1.82, 2.24) is 4.98 Å². The first-order valence-corrected chi connectivity index (χ1v) is 6.11. The van der Waals surface area contributed by atoms with E-state index in [0.29, 0.717) is 11.6 Å². The molecular weight excluding hydrogens is 255 g/mol. The first-order valence-electron chi connectivity index (χ1n) is 5.30.